The maximum atomic E-state index is 12.9. The minimum Gasteiger partial charge on any atom is -0.346 e. The van der Waals surface area contributed by atoms with Crippen LogP contribution in [0.25, 0.3) is 0 Å². The van der Waals surface area contributed by atoms with Crippen LogP contribution in [0, 0.1) is 0 Å². The van der Waals surface area contributed by atoms with Gasteiger partial charge in [0, 0.05) is 50.9 Å². The summed E-state index contributed by atoms with van der Waals surface area (Å²) in [6.45, 7) is 4.80. The summed E-state index contributed by atoms with van der Waals surface area (Å²) < 4.78 is 0. The number of anilines is 1. The van der Waals surface area contributed by atoms with Gasteiger partial charge in [0.2, 0.25) is 5.91 Å². The van der Waals surface area contributed by atoms with Gasteiger partial charge in [0.05, 0.1) is 11.9 Å². The van der Waals surface area contributed by atoms with Crippen LogP contribution in [-0.2, 0) is 11.3 Å². The third-order valence-electron chi connectivity index (χ3n) is 7.03. The molecule has 162 valence electrons. The smallest absolute Gasteiger partial charge is 0.255 e. The predicted octanol–water partition coefficient (Wildman–Crippen LogP) is 3.75. The van der Waals surface area contributed by atoms with Crippen LogP contribution in [-0.4, -0.2) is 52.8 Å². The Kier molecular flexibility index (Phi) is 5.26. The molecule has 2 atom stereocenters. The average molecular weight is 419 g/mol. The molecular formula is C25H30N4O2. The molecule has 2 aromatic rings. The highest BCUT2D eigenvalue weighted by Gasteiger charge is 2.32. The molecule has 3 heterocycles. The van der Waals surface area contributed by atoms with E-state index in [4.69, 9.17) is 0 Å². The van der Waals surface area contributed by atoms with E-state index in [1.54, 1.807) is 6.20 Å². The maximum absolute atomic E-state index is 12.9. The van der Waals surface area contributed by atoms with E-state index in [1.807, 2.05) is 36.3 Å². The van der Waals surface area contributed by atoms with Crippen LogP contribution in [0.2, 0.25) is 0 Å². The van der Waals surface area contributed by atoms with Gasteiger partial charge in [-0.15, -0.1) is 0 Å². The lowest BCUT2D eigenvalue weighted by molar-refractivity contribution is -0.134. The van der Waals surface area contributed by atoms with Gasteiger partial charge in [0.1, 0.15) is 0 Å². The van der Waals surface area contributed by atoms with E-state index in [1.165, 1.54) is 29.5 Å². The molecule has 1 saturated heterocycles. The SMILES string of the molecule is CC1CN(C2CCN(C)C(=O)C2)Cc2cc(C(=O)Nc3cncc(C4CC4)c3)ccc21. The van der Waals surface area contributed by atoms with E-state index in [0.29, 0.717) is 23.8 Å². The van der Waals surface area contributed by atoms with Crippen molar-refractivity contribution in [2.24, 2.45) is 0 Å². The van der Waals surface area contributed by atoms with Crippen LogP contribution in [0.15, 0.2) is 36.7 Å². The van der Waals surface area contributed by atoms with Gasteiger partial charge in [0.25, 0.3) is 5.91 Å². The number of hydrogen-bond donors (Lipinski definition) is 1. The molecule has 2 fully saturated rings. The average Bonchev–Trinajstić information content (AvgIpc) is 3.61. The molecule has 0 radical (unpaired) electrons. The largest absolute Gasteiger partial charge is 0.346 e. The minimum atomic E-state index is -0.100. The van der Waals surface area contributed by atoms with Gasteiger partial charge in [-0.05, 0) is 66.0 Å². The number of amides is 2. The molecule has 5 rings (SSSR count). The van der Waals surface area contributed by atoms with Crippen LogP contribution < -0.4 is 5.32 Å². The molecule has 1 saturated carbocycles. The van der Waals surface area contributed by atoms with E-state index >= 15 is 0 Å². The summed E-state index contributed by atoms with van der Waals surface area (Å²) in [6.07, 6.45) is 7.62. The molecule has 6 nitrogen and oxygen atoms in total. The molecule has 2 amide bonds. The maximum Gasteiger partial charge on any atom is 0.255 e. The van der Waals surface area contributed by atoms with Crippen molar-refractivity contribution in [3.63, 3.8) is 0 Å². The monoisotopic (exact) mass is 418 g/mol. The molecule has 0 bridgehead atoms. The van der Waals surface area contributed by atoms with E-state index in [0.717, 1.165) is 31.7 Å². The Morgan fingerprint density at radius 2 is 2.00 bits per heavy atom. The molecule has 2 aliphatic heterocycles. The van der Waals surface area contributed by atoms with Gasteiger partial charge in [-0.2, -0.15) is 0 Å². The van der Waals surface area contributed by atoms with Gasteiger partial charge in [0.15, 0.2) is 0 Å². The van der Waals surface area contributed by atoms with Gasteiger partial charge >= 0.3 is 0 Å². The fourth-order valence-corrected chi connectivity index (χ4v) is 4.98. The molecule has 1 aliphatic carbocycles. The Morgan fingerprint density at radius 3 is 2.77 bits per heavy atom. The van der Waals surface area contributed by atoms with Crippen molar-refractivity contribution in [1.82, 2.24) is 14.8 Å². The fraction of sp³-hybridized carbons (Fsp3) is 0.480. The molecule has 1 aromatic carbocycles. The standard InChI is InChI=1S/C25H30N4O2/c1-16-14-29(22-7-8-28(2)24(30)11-22)15-20-9-18(5-6-23(16)20)25(31)27-21-10-19(12-26-13-21)17-3-4-17/h5-6,9-10,12-13,16-17,22H,3-4,7-8,11,14-15H2,1-2H3,(H,27,31). The summed E-state index contributed by atoms with van der Waals surface area (Å²) in [4.78, 5) is 33.7. The normalized spacial score (nSPS) is 24.1. The number of hydrogen-bond acceptors (Lipinski definition) is 4. The van der Waals surface area contributed by atoms with Crippen LogP contribution in [0.3, 0.4) is 0 Å². The summed E-state index contributed by atoms with van der Waals surface area (Å²) in [7, 11) is 1.88. The third kappa shape index (κ3) is 4.22. The number of carbonyl (C=O) groups excluding carboxylic acids is 2. The second kappa shape index (κ2) is 8.08. The zero-order chi connectivity index (χ0) is 21.5. The first-order valence-electron chi connectivity index (χ1n) is 11.3. The number of fused-ring (bicyclic) bond motifs is 1. The highest BCUT2D eigenvalue weighted by molar-refractivity contribution is 6.04. The zero-order valence-electron chi connectivity index (χ0n) is 18.3. The van der Waals surface area contributed by atoms with Crippen LogP contribution in [0.1, 0.15) is 71.5 Å². The molecule has 0 spiro atoms. The number of pyridine rings is 1. The van der Waals surface area contributed by atoms with Crippen molar-refractivity contribution in [2.45, 2.75) is 57.0 Å². The lowest BCUT2D eigenvalue weighted by atomic mass is 9.87. The molecular weight excluding hydrogens is 388 g/mol. The quantitative estimate of drug-likeness (QED) is 0.821. The summed E-state index contributed by atoms with van der Waals surface area (Å²) in [5.74, 6) is 1.11. The van der Waals surface area contributed by atoms with Crippen molar-refractivity contribution in [3.8, 4) is 0 Å². The molecule has 1 N–H and O–H groups in total. The first-order valence-corrected chi connectivity index (χ1v) is 11.3. The highest BCUT2D eigenvalue weighted by atomic mass is 16.2. The second-order valence-corrected chi connectivity index (χ2v) is 9.44. The van der Waals surface area contributed by atoms with Crippen LogP contribution in [0.4, 0.5) is 5.69 Å². The number of benzene rings is 1. The second-order valence-electron chi connectivity index (χ2n) is 9.44. The number of nitrogens with one attached hydrogen (secondary N) is 1. The number of likely N-dealkylation sites (tertiary alicyclic amines) is 1. The van der Waals surface area contributed by atoms with Crippen molar-refractivity contribution < 1.29 is 9.59 Å². The summed E-state index contributed by atoms with van der Waals surface area (Å²) in [6, 6.07) is 8.39. The Bertz CT molecular complexity index is 1020. The Morgan fingerprint density at radius 1 is 1.16 bits per heavy atom. The van der Waals surface area contributed by atoms with Crippen LogP contribution in [0.5, 0.6) is 0 Å². The molecule has 31 heavy (non-hydrogen) atoms. The first-order chi connectivity index (χ1) is 15.0. The molecule has 2 unspecified atom stereocenters. The Hall–Kier alpha value is -2.73. The topological polar surface area (TPSA) is 65.5 Å². The molecule has 3 aliphatic rings. The summed E-state index contributed by atoms with van der Waals surface area (Å²) in [5, 5.41) is 3.02. The molecule has 1 aromatic heterocycles. The zero-order valence-corrected chi connectivity index (χ0v) is 18.3. The first kappa shape index (κ1) is 20.2. The van der Waals surface area contributed by atoms with E-state index in [9.17, 15) is 9.59 Å². The van der Waals surface area contributed by atoms with Crippen molar-refractivity contribution in [1.29, 1.82) is 0 Å². The lowest BCUT2D eigenvalue weighted by Crippen LogP contribution is -2.48. The lowest BCUT2D eigenvalue weighted by Gasteiger charge is -2.41. The van der Waals surface area contributed by atoms with E-state index < -0.39 is 0 Å². The molecule has 6 heteroatoms. The summed E-state index contributed by atoms with van der Waals surface area (Å²) in [5.41, 5.74) is 5.14. The summed E-state index contributed by atoms with van der Waals surface area (Å²) >= 11 is 0. The fourth-order valence-electron chi connectivity index (χ4n) is 4.98. The van der Waals surface area contributed by atoms with Crippen LogP contribution >= 0.6 is 0 Å². The minimum absolute atomic E-state index is 0.100. The third-order valence-corrected chi connectivity index (χ3v) is 7.03. The number of piperidine rings is 1. The van der Waals surface area contributed by atoms with Crippen molar-refractivity contribution in [2.75, 3.05) is 25.5 Å². The van der Waals surface area contributed by atoms with Crippen molar-refractivity contribution in [3.05, 3.63) is 58.9 Å². The van der Waals surface area contributed by atoms with Gasteiger partial charge in [-0.3, -0.25) is 19.5 Å². The number of aromatic nitrogens is 1. The van der Waals surface area contributed by atoms with E-state index in [2.05, 4.69) is 28.2 Å². The Labute approximate surface area is 183 Å². The van der Waals surface area contributed by atoms with Gasteiger partial charge in [-0.1, -0.05) is 13.0 Å². The number of rotatable bonds is 4. The number of nitrogens with zero attached hydrogens (tertiary/aromatic N) is 3. The highest BCUT2D eigenvalue weighted by Crippen LogP contribution is 2.40. The predicted molar refractivity (Wildman–Crippen MR) is 120 cm³/mol. The van der Waals surface area contributed by atoms with Gasteiger partial charge < -0.3 is 10.2 Å². The number of carbonyl (C=O) groups is 2. The Balaban J connectivity index is 1.32. The van der Waals surface area contributed by atoms with E-state index in [-0.39, 0.29) is 17.9 Å². The van der Waals surface area contributed by atoms with Crippen molar-refractivity contribution >= 4 is 17.5 Å². The van der Waals surface area contributed by atoms with Gasteiger partial charge in [-0.25, -0.2) is 0 Å².